The Bertz CT molecular complexity index is 1060. The zero-order chi connectivity index (χ0) is 25.5. The van der Waals surface area contributed by atoms with Crippen LogP contribution in [-0.4, -0.2) is 64.7 Å². The number of hydrogen-bond acceptors (Lipinski definition) is 5. The Morgan fingerprint density at radius 2 is 2.00 bits per heavy atom. The van der Waals surface area contributed by atoms with Crippen molar-refractivity contribution < 1.29 is 19.0 Å². The zero-order valence-electron chi connectivity index (χ0n) is 21.3. The zero-order valence-corrected chi connectivity index (χ0v) is 21.3. The van der Waals surface area contributed by atoms with E-state index in [0.29, 0.717) is 36.7 Å². The Balaban J connectivity index is 1.88. The number of benzene rings is 1. The number of halogens is 1. The highest BCUT2D eigenvalue weighted by Gasteiger charge is 2.34. The van der Waals surface area contributed by atoms with Crippen LogP contribution in [0.2, 0.25) is 0 Å². The summed E-state index contributed by atoms with van der Waals surface area (Å²) in [6.07, 6.45) is 2.16. The van der Waals surface area contributed by atoms with E-state index in [4.69, 9.17) is 4.74 Å². The van der Waals surface area contributed by atoms with E-state index in [9.17, 15) is 14.3 Å². The molecule has 3 atom stereocenters. The summed E-state index contributed by atoms with van der Waals surface area (Å²) in [5, 5.41) is 9.82. The minimum Gasteiger partial charge on any atom is -0.472 e. The van der Waals surface area contributed by atoms with Crippen LogP contribution in [0.15, 0.2) is 36.5 Å². The van der Waals surface area contributed by atoms with Crippen LogP contribution >= 0.6 is 0 Å². The third-order valence-corrected chi connectivity index (χ3v) is 6.12. The highest BCUT2D eigenvalue weighted by Crippen LogP contribution is 2.27. The van der Waals surface area contributed by atoms with E-state index in [1.165, 1.54) is 12.1 Å². The maximum Gasteiger partial charge on any atom is 0.259 e. The normalized spacial score (nSPS) is 18.9. The minimum absolute atomic E-state index is 0.0101. The number of aliphatic hydroxyl groups is 1. The molecule has 0 radical (unpaired) electrons. The lowest BCUT2D eigenvalue weighted by Gasteiger charge is -2.37. The van der Waals surface area contributed by atoms with Gasteiger partial charge in [0.15, 0.2) is 0 Å². The number of nitrogens with zero attached hydrogens (tertiary/aromatic N) is 3. The minimum atomic E-state index is -0.343. The van der Waals surface area contributed by atoms with Gasteiger partial charge in [0.25, 0.3) is 5.91 Å². The van der Waals surface area contributed by atoms with E-state index < -0.39 is 0 Å². The second-order valence-electron chi connectivity index (χ2n) is 9.92. The molecule has 0 bridgehead atoms. The van der Waals surface area contributed by atoms with Crippen molar-refractivity contribution in [1.29, 1.82) is 0 Å². The fourth-order valence-corrected chi connectivity index (χ4v) is 4.02. The van der Waals surface area contributed by atoms with Gasteiger partial charge >= 0.3 is 0 Å². The predicted octanol–water partition coefficient (Wildman–Crippen LogP) is 3.97. The molecule has 2 heterocycles. The molecule has 1 aliphatic rings. The summed E-state index contributed by atoms with van der Waals surface area (Å²) in [6.45, 7) is 9.61. The molecule has 1 amide bonds. The van der Waals surface area contributed by atoms with E-state index in [2.05, 4.69) is 35.6 Å². The Morgan fingerprint density at radius 1 is 1.29 bits per heavy atom. The molecule has 0 fully saturated rings. The lowest BCUT2D eigenvalue weighted by atomic mass is 9.99. The first-order valence-electron chi connectivity index (χ1n) is 12.2. The third kappa shape index (κ3) is 7.27. The van der Waals surface area contributed by atoms with Gasteiger partial charge in [0, 0.05) is 43.7 Å². The molecule has 6 nitrogen and oxygen atoms in total. The molecule has 1 aromatic heterocycles. The molecule has 0 saturated heterocycles. The second kappa shape index (κ2) is 12.1. The molecule has 1 aromatic carbocycles. The fourth-order valence-electron chi connectivity index (χ4n) is 4.02. The third-order valence-electron chi connectivity index (χ3n) is 6.12. The highest BCUT2D eigenvalue weighted by atomic mass is 19.1. The van der Waals surface area contributed by atoms with E-state index >= 15 is 0 Å². The molecular formula is C28H36FN3O3. The highest BCUT2D eigenvalue weighted by molar-refractivity contribution is 5.97. The first-order chi connectivity index (χ1) is 16.7. The van der Waals surface area contributed by atoms with Crippen molar-refractivity contribution in [2.45, 2.75) is 52.8 Å². The molecule has 1 aliphatic heterocycles. The average molecular weight is 482 g/mol. The molecule has 7 heteroatoms. The van der Waals surface area contributed by atoms with Crippen LogP contribution in [0.3, 0.4) is 0 Å². The van der Waals surface area contributed by atoms with Gasteiger partial charge in [0.2, 0.25) is 5.88 Å². The van der Waals surface area contributed by atoms with Gasteiger partial charge < -0.3 is 14.7 Å². The fraction of sp³-hybridized carbons (Fsp3) is 0.500. The van der Waals surface area contributed by atoms with Crippen LogP contribution in [-0.2, 0) is 6.54 Å². The molecule has 0 aliphatic carbocycles. The van der Waals surface area contributed by atoms with Crippen LogP contribution in [0.1, 0.15) is 55.6 Å². The van der Waals surface area contributed by atoms with Crippen molar-refractivity contribution in [3.63, 3.8) is 0 Å². The van der Waals surface area contributed by atoms with Gasteiger partial charge in [-0.2, -0.15) is 0 Å². The monoisotopic (exact) mass is 481 g/mol. The van der Waals surface area contributed by atoms with Crippen LogP contribution < -0.4 is 4.74 Å². The summed E-state index contributed by atoms with van der Waals surface area (Å²) in [6, 6.07) is 7.86. The van der Waals surface area contributed by atoms with Gasteiger partial charge in [0.1, 0.15) is 17.5 Å². The number of carbonyl (C=O) groups excluding carboxylic acids is 1. The number of carbonyl (C=O) groups is 1. The molecule has 0 unspecified atom stereocenters. The van der Waals surface area contributed by atoms with Crippen molar-refractivity contribution in [3.05, 3.63) is 59.0 Å². The maximum atomic E-state index is 13.5. The number of fused-ring (bicyclic) bond motifs is 1. The summed E-state index contributed by atoms with van der Waals surface area (Å²) < 4.78 is 19.6. The number of likely N-dealkylation sites (N-methyl/N-ethyl adjacent to an activating group) is 1. The summed E-state index contributed by atoms with van der Waals surface area (Å²) in [4.78, 5) is 21.8. The molecular weight excluding hydrogens is 445 g/mol. The molecule has 35 heavy (non-hydrogen) atoms. The Morgan fingerprint density at radius 3 is 2.66 bits per heavy atom. The predicted molar refractivity (Wildman–Crippen MR) is 134 cm³/mol. The largest absolute Gasteiger partial charge is 0.472 e. The van der Waals surface area contributed by atoms with Crippen LogP contribution in [0.25, 0.3) is 0 Å². The molecule has 2 aromatic rings. The second-order valence-corrected chi connectivity index (χ2v) is 9.92. The van der Waals surface area contributed by atoms with Crippen LogP contribution in [0.4, 0.5) is 4.39 Å². The first kappa shape index (κ1) is 26.7. The van der Waals surface area contributed by atoms with Gasteiger partial charge in [-0.3, -0.25) is 9.69 Å². The van der Waals surface area contributed by atoms with Crippen LogP contribution in [0, 0.1) is 29.5 Å². The average Bonchev–Trinajstić information content (AvgIpc) is 2.82. The van der Waals surface area contributed by atoms with Gasteiger partial charge in [-0.05, 0) is 43.7 Å². The number of ether oxygens (including phenoxy) is 1. The summed E-state index contributed by atoms with van der Waals surface area (Å²) >= 11 is 0. The smallest absolute Gasteiger partial charge is 0.259 e. The molecule has 188 valence electrons. The SMILES string of the molecule is CC(C)CC#Cc1cnc2c(c1)C(=O)N([C@H](C)CO)C[C@@H](C)[C@H](CN(C)Cc1ccc(F)cc1)O2. The number of amides is 1. The van der Waals surface area contributed by atoms with E-state index in [0.717, 1.165) is 12.0 Å². The van der Waals surface area contributed by atoms with Gasteiger partial charge in [0.05, 0.1) is 12.6 Å². The van der Waals surface area contributed by atoms with Gasteiger partial charge in [-0.1, -0.05) is 44.7 Å². The van der Waals surface area contributed by atoms with E-state index in [-0.39, 0.29) is 42.3 Å². The standard InChI is InChI=1S/C28H36FN3O3/c1-19(2)7-6-8-23-13-25-27(30-14-23)35-26(20(3)15-32(28(25)34)21(4)18-33)17-31(5)16-22-9-11-24(29)12-10-22/h9-14,19-21,26,33H,7,15-18H2,1-5H3/t20-,21-,26+/m1/s1. The van der Waals surface area contributed by atoms with Crippen molar-refractivity contribution in [2.24, 2.45) is 11.8 Å². The topological polar surface area (TPSA) is 65.9 Å². The first-order valence-corrected chi connectivity index (χ1v) is 12.2. The van der Waals surface area contributed by atoms with Crippen molar-refractivity contribution >= 4 is 5.91 Å². The van der Waals surface area contributed by atoms with Gasteiger partial charge in [-0.25, -0.2) is 9.37 Å². The quantitative estimate of drug-likeness (QED) is 0.607. The summed E-state index contributed by atoms with van der Waals surface area (Å²) in [7, 11) is 1.99. The lowest BCUT2D eigenvalue weighted by molar-refractivity contribution is 0.0325. The number of aromatic nitrogens is 1. The Kier molecular flexibility index (Phi) is 9.25. The lowest BCUT2D eigenvalue weighted by Crippen LogP contribution is -2.49. The number of hydrogen-bond donors (Lipinski definition) is 1. The number of rotatable bonds is 7. The summed E-state index contributed by atoms with van der Waals surface area (Å²) in [5.41, 5.74) is 2.03. The maximum absolute atomic E-state index is 13.5. The molecule has 0 saturated carbocycles. The van der Waals surface area contributed by atoms with E-state index in [1.807, 2.05) is 20.9 Å². The van der Waals surface area contributed by atoms with Crippen molar-refractivity contribution in [2.75, 3.05) is 26.7 Å². The van der Waals surface area contributed by atoms with Gasteiger partial charge in [-0.15, -0.1) is 0 Å². The number of pyridine rings is 1. The van der Waals surface area contributed by atoms with Crippen molar-refractivity contribution in [3.8, 4) is 17.7 Å². The van der Waals surface area contributed by atoms with Crippen molar-refractivity contribution in [1.82, 2.24) is 14.8 Å². The molecule has 1 N–H and O–H groups in total. The van der Waals surface area contributed by atoms with Crippen LogP contribution in [0.5, 0.6) is 5.88 Å². The molecule has 3 rings (SSSR count). The Labute approximate surface area is 208 Å². The van der Waals surface area contributed by atoms with E-state index in [1.54, 1.807) is 29.3 Å². The number of aliphatic hydroxyl groups excluding tert-OH is 1. The molecule has 0 spiro atoms. The Hall–Kier alpha value is -2.95. The summed E-state index contributed by atoms with van der Waals surface area (Å²) in [5.74, 6) is 6.50.